The van der Waals surface area contributed by atoms with E-state index in [4.69, 9.17) is 17.3 Å². The van der Waals surface area contributed by atoms with Crippen LogP contribution in [0.15, 0.2) is 24.3 Å². The SMILES string of the molecule is CC(N)CC(=O)Nc1nc2ccccc2nc1Cl. The van der Waals surface area contributed by atoms with Crippen molar-refractivity contribution < 1.29 is 4.79 Å². The summed E-state index contributed by atoms with van der Waals surface area (Å²) < 4.78 is 0. The van der Waals surface area contributed by atoms with Gasteiger partial charge in [-0.25, -0.2) is 9.97 Å². The summed E-state index contributed by atoms with van der Waals surface area (Å²) >= 11 is 5.96. The van der Waals surface area contributed by atoms with Crippen molar-refractivity contribution in [2.75, 3.05) is 5.32 Å². The Morgan fingerprint density at radius 1 is 1.39 bits per heavy atom. The van der Waals surface area contributed by atoms with Crippen LogP contribution >= 0.6 is 11.6 Å². The number of aromatic nitrogens is 2. The number of fused-ring (bicyclic) bond motifs is 1. The number of nitrogens with zero attached hydrogens (tertiary/aromatic N) is 2. The Hall–Kier alpha value is -1.72. The largest absolute Gasteiger partial charge is 0.327 e. The van der Waals surface area contributed by atoms with Gasteiger partial charge in [0.05, 0.1) is 11.0 Å². The highest BCUT2D eigenvalue weighted by Gasteiger charge is 2.11. The molecule has 0 fully saturated rings. The van der Waals surface area contributed by atoms with E-state index in [2.05, 4.69) is 15.3 Å². The number of halogens is 1. The number of amides is 1. The van der Waals surface area contributed by atoms with Gasteiger partial charge in [0.15, 0.2) is 11.0 Å². The Morgan fingerprint density at radius 3 is 2.61 bits per heavy atom. The maximum Gasteiger partial charge on any atom is 0.227 e. The molecule has 2 aromatic rings. The first-order chi connectivity index (χ1) is 8.56. The predicted molar refractivity (Wildman–Crippen MR) is 71.4 cm³/mol. The second-order valence-corrected chi connectivity index (χ2v) is 4.44. The van der Waals surface area contributed by atoms with E-state index in [1.165, 1.54) is 0 Å². The highest BCUT2D eigenvalue weighted by atomic mass is 35.5. The van der Waals surface area contributed by atoms with Crippen molar-refractivity contribution >= 4 is 34.4 Å². The van der Waals surface area contributed by atoms with Crippen LogP contribution in [0.2, 0.25) is 5.15 Å². The van der Waals surface area contributed by atoms with Crippen molar-refractivity contribution in [1.82, 2.24) is 9.97 Å². The fourth-order valence-corrected chi connectivity index (χ4v) is 1.71. The molecule has 1 heterocycles. The molecule has 94 valence electrons. The molecule has 1 amide bonds. The molecule has 2 rings (SSSR count). The van der Waals surface area contributed by atoms with Crippen LogP contribution < -0.4 is 11.1 Å². The van der Waals surface area contributed by atoms with Crippen LogP contribution in [0.1, 0.15) is 13.3 Å². The molecule has 0 bridgehead atoms. The maximum atomic E-state index is 11.6. The topological polar surface area (TPSA) is 80.9 Å². The summed E-state index contributed by atoms with van der Waals surface area (Å²) in [4.78, 5) is 20.0. The third-order valence-electron chi connectivity index (χ3n) is 2.29. The van der Waals surface area contributed by atoms with Crippen molar-refractivity contribution in [1.29, 1.82) is 0 Å². The van der Waals surface area contributed by atoms with Crippen molar-refractivity contribution in [3.05, 3.63) is 29.4 Å². The summed E-state index contributed by atoms with van der Waals surface area (Å²) in [5, 5.41) is 2.78. The number of nitrogens with one attached hydrogen (secondary N) is 1. The second-order valence-electron chi connectivity index (χ2n) is 4.08. The Bertz CT molecular complexity index is 585. The molecular weight excluding hydrogens is 252 g/mol. The van der Waals surface area contributed by atoms with Crippen LogP contribution in [0.5, 0.6) is 0 Å². The number of carbonyl (C=O) groups is 1. The lowest BCUT2D eigenvalue weighted by atomic mass is 10.2. The number of nitrogens with two attached hydrogens (primary N) is 1. The monoisotopic (exact) mass is 264 g/mol. The first kappa shape index (κ1) is 12.7. The first-order valence-electron chi connectivity index (χ1n) is 5.54. The molecule has 5 nitrogen and oxygen atoms in total. The Kier molecular flexibility index (Phi) is 3.74. The minimum absolute atomic E-state index is 0.173. The van der Waals surface area contributed by atoms with E-state index in [0.717, 1.165) is 0 Å². The standard InChI is InChI=1S/C12H13ClN4O/c1-7(14)6-10(18)17-12-11(13)15-8-4-2-3-5-9(8)16-12/h2-5,7H,6,14H2,1H3,(H,16,17,18). The molecule has 0 radical (unpaired) electrons. The fraction of sp³-hybridized carbons (Fsp3) is 0.250. The van der Waals surface area contributed by atoms with Crippen molar-refractivity contribution in [2.24, 2.45) is 5.73 Å². The van der Waals surface area contributed by atoms with Crippen LogP contribution in [0.4, 0.5) is 5.82 Å². The molecule has 1 aromatic carbocycles. The van der Waals surface area contributed by atoms with E-state index >= 15 is 0 Å². The molecule has 18 heavy (non-hydrogen) atoms. The van der Waals surface area contributed by atoms with Crippen molar-refractivity contribution in [3.63, 3.8) is 0 Å². The van der Waals surface area contributed by atoms with E-state index in [0.29, 0.717) is 11.0 Å². The molecule has 0 aliphatic heterocycles. The van der Waals surface area contributed by atoms with Gasteiger partial charge in [0, 0.05) is 12.5 Å². The average molecular weight is 265 g/mol. The zero-order chi connectivity index (χ0) is 13.1. The highest BCUT2D eigenvalue weighted by Crippen LogP contribution is 2.21. The van der Waals surface area contributed by atoms with Gasteiger partial charge >= 0.3 is 0 Å². The van der Waals surface area contributed by atoms with Crippen LogP contribution in [0.3, 0.4) is 0 Å². The van der Waals surface area contributed by atoms with Gasteiger partial charge in [-0.2, -0.15) is 0 Å². The quantitative estimate of drug-likeness (QED) is 0.888. The summed E-state index contributed by atoms with van der Waals surface area (Å²) in [5.41, 5.74) is 6.91. The van der Waals surface area contributed by atoms with Gasteiger partial charge in [-0.05, 0) is 19.1 Å². The summed E-state index contributed by atoms with van der Waals surface area (Å²) in [5.74, 6) is 0.0393. The number of rotatable bonds is 3. The Labute approximate surface area is 109 Å². The predicted octanol–water partition coefficient (Wildman–Crippen LogP) is 1.96. The zero-order valence-corrected chi connectivity index (χ0v) is 10.6. The third kappa shape index (κ3) is 2.94. The summed E-state index contributed by atoms with van der Waals surface area (Å²) in [6.45, 7) is 1.76. The van der Waals surface area contributed by atoms with Crippen LogP contribution in [0, 0.1) is 0 Å². The molecule has 0 aliphatic carbocycles. The minimum atomic E-state index is -0.225. The molecular formula is C12H13ClN4O. The average Bonchev–Trinajstić information content (AvgIpc) is 2.29. The van der Waals surface area contributed by atoms with Gasteiger partial charge in [-0.1, -0.05) is 23.7 Å². The summed E-state index contributed by atoms with van der Waals surface area (Å²) in [6.07, 6.45) is 0.213. The van der Waals surface area contributed by atoms with Crippen LogP contribution in [-0.2, 0) is 4.79 Å². The lowest BCUT2D eigenvalue weighted by Gasteiger charge is -2.08. The molecule has 0 spiro atoms. The van der Waals surface area contributed by atoms with Crippen molar-refractivity contribution in [3.8, 4) is 0 Å². The Balaban J connectivity index is 2.28. The number of benzene rings is 1. The molecule has 1 aromatic heterocycles. The summed E-state index contributed by atoms with van der Waals surface area (Å²) in [6, 6.07) is 7.10. The lowest BCUT2D eigenvalue weighted by Crippen LogP contribution is -2.24. The second kappa shape index (κ2) is 5.29. The van der Waals surface area contributed by atoms with Gasteiger partial charge in [0.25, 0.3) is 0 Å². The van der Waals surface area contributed by atoms with Gasteiger partial charge in [0.1, 0.15) is 0 Å². The zero-order valence-electron chi connectivity index (χ0n) is 9.85. The molecule has 0 saturated carbocycles. The summed E-state index contributed by atoms with van der Waals surface area (Å²) in [7, 11) is 0. The highest BCUT2D eigenvalue weighted by molar-refractivity contribution is 6.32. The minimum Gasteiger partial charge on any atom is -0.327 e. The van der Waals surface area contributed by atoms with Gasteiger partial charge in [-0.3, -0.25) is 4.79 Å². The number of carbonyl (C=O) groups excluding carboxylic acids is 1. The lowest BCUT2D eigenvalue weighted by molar-refractivity contribution is -0.116. The first-order valence-corrected chi connectivity index (χ1v) is 5.92. The maximum absolute atomic E-state index is 11.6. The normalized spacial score (nSPS) is 12.4. The molecule has 0 saturated heterocycles. The fourth-order valence-electron chi connectivity index (χ4n) is 1.53. The molecule has 3 N–H and O–H groups in total. The van der Waals surface area contributed by atoms with E-state index in [1.807, 2.05) is 18.2 Å². The van der Waals surface area contributed by atoms with Crippen LogP contribution in [-0.4, -0.2) is 21.9 Å². The number of para-hydroxylation sites is 2. The smallest absolute Gasteiger partial charge is 0.227 e. The van der Waals surface area contributed by atoms with E-state index in [1.54, 1.807) is 13.0 Å². The van der Waals surface area contributed by atoms with E-state index in [-0.39, 0.29) is 29.3 Å². The van der Waals surface area contributed by atoms with E-state index in [9.17, 15) is 4.79 Å². The van der Waals surface area contributed by atoms with E-state index < -0.39 is 0 Å². The number of hydrogen-bond donors (Lipinski definition) is 2. The molecule has 0 aliphatic rings. The van der Waals surface area contributed by atoms with Gasteiger partial charge < -0.3 is 11.1 Å². The Morgan fingerprint density at radius 2 is 2.00 bits per heavy atom. The molecule has 6 heteroatoms. The van der Waals surface area contributed by atoms with Crippen molar-refractivity contribution in [2.45, 2.75) is 19.4 Å². The molecule has 1 atom stereocenters. The third-order valence-corrected chi connectivity index (χ3v) is 2.56. The van der Waals surface area contributed by atoms with Gasteiger partial charge in [-0.15, -0.1) is 0 Å². The number of anilines is 1. The number of hydrogen-bond acceptors (Lipinski definition) is 4. The van der Waals surface area contributed by atoms with Crippen LogP contribution in [0.25, 0.3) is 11.0 Å². The molecule has 1 unspecified atom stereocenters. The van der Waals surface area contributed by atoms with Gasteiger partial charge in [0.2, 0.25) is 5.91 Å².